The molecule has 0 spiro atoms. The van der Waals surface area contributed by atoms with Crippen LogP contribution in [0.2, 0.25) is 6.55 Å². The Kier molecular flexibility index (Phi) is 5.69. The van der Waals surface area contributed by atoms with Gasteiger partial charge in [0.2, 0.25) is 0 Å². The molecule has 1 atom stereocenters. The molecule has 12 heavy (non-hydrogen) atoms. The van der Waals surface area contributed by atoms with Gasteiger partial charge >= 0.3 is 8.80 Å². The third-order valence-corrected chi connectivity index (χ3v) is 3.64. The fourth-order valence-electron chi connectivity index (χ4n) is 0.972. The van der Waals surface area contributed by atoms with Crippen LogP contribution in [-0.2, 0) is 13.3 Å². The summed E-state index contributed by atoms with van der Waals surface area (Å²) in [5.41, 5.74) is 5.49. The van der Waals surface area contributed by atoms with Crippen LogP contribution in [0.25, 0.3) is 0 Å². The van der Waals surface area contributed by atoms with E-state index in [2.05, 4.69) is 0 Å². The molecule has 0 fully saturated rings. The summed E-state index contributed by atoms with van der Waals surface area (Å²) in [4.78, 5) is 0. The summed E-state index contributed by atoms with van der Waals surface area (Å²) in [6.45, 7) is 8.63. The van der Waals surface area contributed by atoms with Gasteiger partial charge in [0.05, 0.1) is 6.23 Å². The predicted molar refractivity (Wildman–Crippen MR) is 49.6 cm³/mol. The van der Waals surface area contributed by atoms with E-state index < -0.39 is 8.80 Å². The molecule has 5 heteroatoms. The average molecular weight is 193 g/mol. The first-order valence-corrected chi connectivity index (χ1v) is 6.48. The second kappa shape index (κ2) is 5.66. The minimum absolute atomic E-state index is 0.334. The molecule has 0 aromatic rings. The maximum absolute atomic E-state index is 5.49. The van der Waals surface area contributed by atoms with Gasteiger partial charge in [0.15, 0.2) is 0 Å². The normalized spacial score (nSPS) is 14.8. The first-order chi connectivity index (χ1) is 5.54. The lowest BCUT2D eigenvalue weighted by Crippen LogP contribution is -2.47. The van der Waals surface area contributed by atoms with Gasteiger partial charge in [-0.05, 0) is 20.8 Å². The summed E-state index contributed by atoms with van der Waals surface area (Å²) < 4.78 is 16.2. The Hall–Kier alpha value is 0.0569. The maximum Gasteiger partial charge on any atom is 0.498 e. The summed E-state index contributed by atoms with van der Waals surface area (Å²) >= 11 is 0. The van der Waals surface area contributed by atoms with E-state index in [1.165, 1.54) is 0 Å². The Morgan fingerprint density at radius 1 is 1.25 bits per heavy atom. The van der Waals surface area contributed by atoms with Crippen LogP contribution in [0.1, 0.15) is 20.8 Å². The molecule has 0 aliphatic rings. The molecule has 0 aliphatic carbocycles. The van der Waals surface area contributed by atoms with Gasteiger partial charge in [0.1, 0.15) is 0 Å². The fraction of sp³-hybridized carbons (Fsp3) is 1.00. The zero-order chi connectivity index (χ0) is 9.61. The van der Waals surface area contributed by atoms with Crippen LogP contribution >= 0.6 is 0 Å². The van der Waals surface area contributed by atoms with Gasteiger partial charge in [0.25, 0.3) is 0 Å². The van der Waals surface area contributed by atoms with E-state index in [-0.39, 0.29) is 6.23 Å². The standard InChI is InChI=1S/C7H19NO3Si/c1-5-9-12(4,10-6-2)11-7(3)8/h7H,5-6,8H2,1-4H3. The summed E-state index contributed by atoms with van der Waals surface area (Å²) in [6, 6.07) is 0. The highest BCUT2D eigenvalue weighted by Crippen LogP contribution is 2.09. The molecule has 0 saturated heterocycles. The Labute approximate surface area is 75.4 Å². The van der Waals surface area contributed by atoms with Crippen molar-refractivity contribution in [2.24, 2.45) is 5.73 Å². The molecule has 0 rings (SSSR count). The van der Waals surface area contributed by atoms with Crippen molar-refractivity contribution in [2.75, 3.05) is 13.2 Å². The lowest BCUT2D eigenvalue weighted by atomic mass is 10.7. The van der Waals surface area contributed by atoms with Crippen molar-refractivity contribution in [1.82, 2.24) is 0 Å². The molecule has 74 valence electrons. The highest BCUT2D eigenvalue weighted by Gasteiger charge is 2.35. The lowest BCUT2D eigenvalue weighted by Gasteiger charge is -2.26. The minimum Gasteiger partial charge on any atom is -0.374 e. The zero-order valence-corrected chi connectivity index (χ0v) is 9.29. The van der Waals surface area contributed by atoms with Crippen molar-refractivity contribution in [1.29, 1.82) is 0 Å². The molecule has 0 heterocycles. The number of hydrogen-bond donors (Lipinski definition) is 1. The van der Waals surface area contributed by atoms with Gasteiger partial charge in [-0.1, -0.05) is 0 Å². The average Bonchev–Trinajstić information content (AvgIpc) is 1.85. The van der Waals surface area contributed by atoms with Crippen molar-refractivity contribution >= 4 is 8.80 Å². The molecule has 0 aromatic heterocycles. The molecule has 0 aromatic carbocycles. The minimum atomic E-state index is -2.44. The molecule has 0 bridgehead atoms. The molecule has 2 N–H and O–H groups in total. The third kappa shape index (κ3) is 4.84. The number of nitrogens with two attached hydrogens (primary N) is 1. The summed E-state index contributed by atoms with van der Waals surface area (Å²) in [5.74, 6) is 0. The maximum atomic E-state index is 5.49. The number of hydrogen-bond acceptors (Lipinski definition) is 4. The molecule has 0 amide bonds. The van der Waals surface area contributed by atoms with Gasteiger partial charge in [-0.25, -0.2) is 0 Å². The zero-order valence-electron chi connectivity index (χ0n) is 8.29. The molecule has 0 aliphatic heterocycles. The topological polar surface area (TPSA) is 53.7 Å². The highest BCUT2D eigenvalue weighted by molar-refractivity contribution is 6.59. The van der Waals surface area contributed by atoms with Crippen molar-refractivity contribution in [3.8, 4) is 0 Å². The van der Waals surface area contributed by atoms with Crippen molar-refractivity contribution in [3.05, 3.63) is 0 Å². The smallest absolute Gasteiger partial charge is 0.374 e. The molecule has 1 unspecified atom stereocenters. The molecule has 0 saturated carbocycles. The first-order valence-electron chi connectivity index (χ1n) is 4.25. The fourth-order valence-corrected chi connectivity index (χ4v) is 2.92. The van der Waals surface area contributed by atoms with Crippen LogP contribution in [0, 0.1) is 0 Å². The van der Waals surface area contributed by atoms with E-state index in [9.17, 15) is 0 Å². The van der Waals surface area contributed by atoms with E-state index in [1.807, 2.05) is 20.4 Å². The Morgan fingerprint density at radius 2 is 1.67 bits per heavy atom. The largest absolute Gasteiger partial charge is 0.498 e. The van der Waals surface area contributed by atoms with E-state index in [4.69, 9.17) is 19.0 Å². The van der Waals surface area contributed by atoms with E-state index in [0.29, 0.717) is 13.2 Å². The summed E-state index contributed by atoms with van der Waals surface area (Å²) in [5, 5.41) is 0. The second-order valence-electron chi connectivity index (χ2n) is 2.55. The van der Waals surface area contributed by atoms with Crippen molar-refractivity contribution in [3.63, 3.8) is 0 Å². The Morgan fingerprint density at radius 3 is 1.92 bits per heavy atom. The first kappa shape index (κ1) is 12.1. The summed E-state index contributed by atoms with van der Waals surface area (Å²) in [6.07, 6.45) is -0.334. The SMILES string of the molecule is CCO[Si](C)(OCC)OC(C)N. The van der Waals surface area contributed by atoms with Crippen LogP contribution < -0.4 is 5.73 Å². The second-order valence-corrected chi connectivity index (χ2v) is 5.09. The quantitative estimate of drug-likeness (QED) is 0.504. The predicted octanol–water partition coefficient (Wildman–Crippen LogP) is 0.949. The van der Waals surface area contributed by atoms with Crippen LogP contribution in [-0.4, -0.2) is 28.2 Å². The molecular formula is C7H19NO3Si. The van der Waals surface area contributed by atoms with E-state index in [0.717, 1.165) is 0 Å². The van der Waals surface area contributed by atoms with E-state index in [1.54, 1.807) is 6.92 Å². The summed E-state index contributed by atoms with van der Waals surface area (Å²) in [7, 11) is -2.44. The number of rotatable bonds is 6. The van der Waals surface area contributed by atoms with Gasteiger partial charge in [0, 0.05) is 19.8 Å². The third-order valence-electron chi connectivity index (χ3n) is 1.21. The van der Waals surface area contributed by atoms with Gasteiger partial charge in [-0.15, -0.1) is 0 Å². The van der Waals surface area contributed by atoms with Crippen LogP contribution in [0.5, 0.6) is 0 Å². The lowest BCUT2D eigenvalue weighted by molar-refractivity contribution is 0.0467. The highest BCUT2D eigenvalue weighted by atomic mass is 28.4. The molecular weight excluding hydrogens is 174 g/mol. The molecule has 4 nitrogen and oxygen atoms in total. The Bertz CT molecular complexity index is 115. The monoisotopic (exact) mass is 193 g/mol. The van der Waals surface area contributed by atoms with Gasteiger partial charge in [-0.3, -0.25) is 0 Å². The van der Waals surface area contributed by atoms with Crippen molar-refractivity contribution < 1.29 is 13.3 Å². The van der Waals surface area contributed by atoms with Crippen LogP contribution in [0.4, 0.5) is 0 Å². The van der Waals surface area contributed by atoms with E-state index >= 15 is 0 Å². The van der Waals surface area contributed by atoms with Gasteiger partial charge in [-0.2, -0.15) is 0 Å². The Balaban J connectivity index is 3.98. The molecule has 0 radical (unpaired) electrons. The van der Waals surface area contributed by atoms with Crippen molar-refractivity contribution in [2.45, 2.75) is 33.5 Å². The van der Waals surface area contributed by atoms with Crippen LogP contribution in [0.15, 0.2) is 0 Å². The van der Waals surface area contributed by atoms with Gasteiger partial charge < -0.3 is 19.0 Å². The van der Waals surface area contributed by atoms with Crippen LogP contribution in [0.3, 0.4) is 0 Å².